The van der Waals surface area contributed by atoms with Crippen LogP contribution in [0.15, 0.2) is 23.1 Å². The fourth-order valence-corrected chi connectivity index (χ4v) is 6.09. The van der Waals surface area contributed by atoms with Gasteiger partial charge < -0.3 is 5.32 Å². The summed E-state index contributed by atoms with van der Waals surface area (Å²) >= 11 is 0. The van der Waals surface area contributed by atoms with Crippen molar-refractivity contribution in [1.29, 1.82) is 0 Å². The zero-order chi connectivity index (χ0) is 22.3. The third-order valence-corrected chi connectivity index (χ3v) is 8.73. The number of carbonyl (C=O) groups excluding carboxylic acids is 1. The molecule has 31 heavy (non-hydrogen) atoms. The normalized spacial score (nSPS) is 19.2. The van der Waals surface area contributed by atoms with Gasteiger partial charge in [-0.3, -0.25) is 9.48 Å². The molecule has 0 aliphatic heterocycles. The summed E-state index contributed by atoms with van der Waals surface area (Å²) in [5.74, 6) is 0.304. The third-order valence-electron chi connectivity index (χ3n) is 6.93. The van der Waals surface area contributed by atoms with Gasteiger partial charge in [0.1, 0.15) is 0 Å². The Morgan fingerprint density at radius 3 is 2.52 bits per heavy atom. The lowest BCUT2D eigenvalue weighted by Crippen LogP contribution is -2.38. The Morgan fingerprint density at radius 2 is 1.87 bits per heavy atom. The summed E-state index contributed by atoms with van der Waals surface area (Å²) in [7, 11) is -0.154. The van der Waals surface area contributed by atoms with Crippen molar-refractivity contribution in [1.82, 2.24) is 19.4 Å². The molecule has 168 valence electrons. The molecule has 0 saturated heterocycles. The van der Waals surface area contributed by atoms with E-state index < -0.39 is 10.0 Å². The van der Waals surface area contributed by atoms with Crippen LogP contribution in [-0.2, 0) is 41.3 Å². The second-order valence-electron chi connectivity index (χ2n) is 9.06. The van der Waals surface area contributed by atoms with E-state index >= 15 is 0 Å². The summed E-state index contributed by atoms with van der Waals surface area (Å²) in [6.45, 7) is 4.13. The van der Waals surface area contributed by atoms with Crippen molar-refractivity contribution in [2.75, 3.05) is 7.05 Å². The van der Waals surface area contributed by atoms with Crippen molar-refractivity contribution in [2.24, 2.45) is 13.0 Å². The maximum atomic E-state index is 13.2. The van der Waals surface area contributed by atoms with Crippen LogP contribution in [0, 0.1) is 19.8 Å². The lowest BCUT2D eigenvalue weighted by Gasteiger charge is -2.18. The highest BCUT2D eigenvalue weighted by molar-refractivity contribution is 7.89. The molecule has 2 aliphatic rings. The maximum absolute atomic E-state index is 13.2. The highest BCUT2D eigenvalue weighted by atomic mass is 32.2. The molecule has 1 heterocycles. The van der Waals surface area contributed by atoms with Crippen molar-refractivity contribution < 1.29 is 13.2 Å². The predicted molar refractivity (Wildman–Crippen MR) is 119 cm³/mol. The fraction of sp³-hybridized carbons (Fsp3) is 0.565. The monoisotopic (exact) mass is 444 g/mol. The number of hydrogen-bond acceptors (Lipinski definition) is 4. The number of nitrogens with one attached hydrogen (secondary N) is 1. The van der Waals surface area contributed by atoms with E-state index in [1.54, 1.807) is 23.9 Å². The summed E-state index contributed by atoms with van der Waals surface area (Å²) in [6.07, 6.45) is 5.68. The Morgan fingerprint density at radius 1 is 1.19 bits per heavy atom. The average Bonchev–Trinajstić information content (AvgIpc) is 3.44. The number of nitrogens with zero attached hydrogens (tertiary/aromatic N) is 3. The standard InChI is InChI=1S/C23H32N4O3S/c1-15-22(16(2)27(4)25-15)14-26(3)31(29,30)21-10-9-18-11-20(12-19(18)13-21)24-23(28)17-7-5-6-8-17/h9-10,13,17,20H,5-8,11-12,14H2,1-4H3,(H,24,28)/t20-/m0/s1. The summed E-state index contributed by atoms with van der Waals surface area (Å²) < 4.78 is 29.6. The maximum Gasteiger partial charge on any atom is 0.243 e. The van der Waals surface area contributed by atoms with Crippen molar-refractivity contribution in [3.8, 4) is 0 Å². The number of hydrogen-bond donors (Lipinski definition) is 1. The summed E-state index contributed by atoms with van der Waals surface area (Å²) in [6, 6.07) is 5.43. The van der Waals surface area contributed by atoms with E-state index in [0.29, 0.717) is 11.3 Å². The molecule has 0 radical (unpaired) electrons. The smallest absolute Gasteiger partial charge is 0.243 e. The van der Waals surface area contributed by atoms with E-state index in [1.165, 1.54) is 4.31 Å². The Labute approximate surface area is 184 Å². The molecular formula is C23H32N4O3S. The highest BCUT2D eigenvalue weighted by Crippen LogP contribution is 2.29. The first kappa shape index (κ1) is 22.0. The molecule has 1 aromatic heterocycles. The molecule has 7 nitrogen and oxygen atoms in total. The number of aromatic nitrogens is 2. The Kier molecular flexibility index (Phi) is 5.96. The van der Waals surface area contributed by atoms with Gasteiger partial charge in [0.2, 0.25) is 15.9 Å². The second kappa shape index (κ2) is 8.39. The van der Waals surface area contributed by atoms with Gasteiger partial charge in [-0.25, -0.2) is 8.42 Å². The quantitative estimate of drug-likeness (QED) is 0.742. The van der Waals surface area contributed by atoms with Gasteiger partial charge in [0, 0.05) is 43.9 Å². The van der Waals surface area contributed by atoms with Crippen LogP contribution in [-0.4, -0.2) is 41.5 Å². The minimum atomic E-state index is -3.63. The lowest BCUT2D eigenvalue weighted by atomic mass is 10.1. The third kappa shape index (κ3) is 4.28. The van der Waals surface area contributed by atoms with E-state index in [9.17, 15) is 13.2 Å². The Hall–Kier alpha value is -2.19. The summed E-state index contributed by atoms with van der Waals surface area (Å²) in [4.78, 5) is 12.8. The molecular weight excluding hydrogens is 412 g/mol. The first-order chi connectivity index (χ1) is 14.7. The van der Waals surface area contributed by atoms with Crippen LogP contribution in [0.1, 0.15) is 53.8 Å². The number of carbonyl (C=O) groups is 1. The minimum Gasteiger partial charge on any atom is -0.352 e. The lowest BCUT2D eigenvalue weighted by molar-refractivity contribution is -0.125. The molecule has 1 aromatic carbocycles. The number of sulfonamides is 1. The molecule has 1 saturated carbocycles. The van der Waals surface area contributed by atoms with E-state index in [2.05, 4.69) is 10.4 Å². The van der Waals surface area contributed by atoms with Crippen LogP contribution in [0.25, 0.3) is 0 Å². The molecule has 0 spiro atoms. The van der Waals surface area contributed by atoms with Gasteiger partial charge in [-0.15, -0.1) is 0 Å². The summed E-state index contributed by atoms with van der Waals surface area (Å²) in [5.41, 5.74) is 4.88. The van der Waals surface area contributed by atoms with Crippen LogP contribution in [0.5, 0.6) is 0 Å². The molecule has 2 aromatic rings. The van der Waals surface area contributed by atoms with Gasteiger partial charge in [-0.05, 0) is 62.8 Å². The molecule has 4 rings (SSSR count). The molecule has 1 amide bonds. The van der Waals surface area contributed by atoms with Crippen LogP contribution in [0.2, 0.25) is 0 Å². The first-order valence-corrected chi connectivity index (χ1v) is 12.5. The van der Waals surface area contributed by atoms with Crippen molar-refractivity contribution in [2.45, 2.75) is 69.9 Å². The number of amides is 1. The predicted octanol–water partition coefficient (Wildman–Crippen LogP) is 2.63. The zero-order valence-corrected chi connectivity index (χ0v) is 19.6. The van der Waals surface area contributed by atoms with Crippen molar-refractivity contribution in [3.63, 3.8) is 0 Å². The minimum absolute atomic E-state index is 0.0551. The number of rotatable bonds is 6. The van der Waals surface area contributed by atoms with Gasteiger partial charge in [-0.2, -0.15) is 9.40 Å². The fourth-order valence-electron chi connectivity index (χ4n) is 4.90. The van der Waals surface area contributed by atoms with Gasteiger partial charge in [0.15, 0.2) is 0 Å². The first-order valence-electron chi connectivity index (χ1n) is 11.0. The molecule has 8 heteroatoms. The van der Waals surface area contributed by atoms with E-state index in [1.807, 2.05) is 27.0 Å². The molecule has 0 bridgehead atoms. The molecule has 0 unspecified atom stereocenters. The second-order valence-corrected chi connectivity index (χ2v) is 11.1. The van der Waals surface area contributed by atoms with E-state index in [0.717, 1.165) is 60.2 Å². The van der Waals surface area contributed by atoms with Crippen LogP contribution < -0.4 is 5.32 Å². The molecule has 2 aliphatic carbocycles. The van der Waals surface area contributed by atoms with Crippen LogP contribution in [0.4, 0.5) is 0 Å². The number of fused-ring (bicyclic) bond motifs is 1. The van der Waals surface area contributed by atoms with Gasteiger partial charge in [0.05, 0.1) is 10.6 Å². The van der Waals surface area contributed by atoms with Gasteiger partial charge >= 0.3 is 0 Å². The van der Waals surface area contributed by atoms with Crippen LogP contribution in [0.3, 0.4) is 0 Å². The molecule has 1 N–H and O–H groups in total. The highest BCUT2D eigenvalue weighted by Gasteiger charge is 2.30. The summed E-state index contributed by atoms with van der Waals surface area (Å²) in [5, 5.41) is 7.57. The largest absolute Gasteiger partial charge is 0.352 e. The van der Waals surface area contributed by atoms with Crippen LogP contribution >= 0.6 is 0 Å². The van der Waals surface area contributed by atoms with E-state index in [4.69, 9.17) is 0 Å². The molecule has 1 atom stereocenters. The Bertz CT molecular complexity index is 1100. The Balaban J connectivity index is 1.47. The topological polar surface area (TPSA) is 84.3 Å². The number of aryl methyl sites for hydroxylation is 2. The van der Waals surface area contributed by atoms with E-state index in [-0.39, 0.29) is 24.4 Å². The zero-order valence-electron chi connectivity index (χ0n) is 18.8. The van der Waals surface area contributed by atoms with Gasteiger partial charge in [0.25, 0.3) is 0 Å². The van der Waals surface area contributed by atoms with Crippen molar-refractivity contribution >= 4 is 15.9 Å². The number of benzene rings is 1. The van der Waals surface area contributed by atoms with Crippen molar-refractivity contribution in [3.05, 3.63) is 46.3 Å². The molecule has 1 fully saturated rings. The SMILES string of the molecule is Cc1nn(C)c(C)c1CN(C)S(=O)(=O)c1ccc2c(c1)C[C@@H](NC(=O)C1CCCC1)C2. The van der Waals surface area contributed by atoms with Gasteiger partial charge in [-0.1, -0.05) is 18.9 Å². The average molecular weight is 445 g/mol.